The molecule has 0 aromatic heterocycles. The van der Waals surface area contributed by atoms with Gasteiger partial charge in [-0.1, -0.05) is 12.1 Å². The van der Waals surface area contributed by atoms with Crippen LogP contribution < -0.4 is 24.2 Å². The minimum Gasteiger partial charge on any atom is -0.495 e. The molecule has 0 fully saturated rings. The van der Waals surface area contributed by atoms with Crippen LogP contribution >= 0.6 is 0 Å². The number of methoxy groups -OCH3 is 2. The van der Waals surface area contributed by atoms with Crippen LogP contribution in [0.1, 0.15) is 11.1 Å². The molecule has 0 aliphatic rings. The second kappa shape index (κ2) is 11.4. The first-order valence-electron chi connectivity index (χ1n) is 9.39. The lowest BCUT2D eigenvalue weighted by atomic mass is 10.1. The summed E-state index contributed by atoms with van der Waals surface area (Å²) in [7, 11) is 0.265. The normalized spacial score (nSPS) is 11.6. The van der Waals surface area contributed by atoms with E-state index < -0.39 is 16.6 Å². The van der Waals surface area contributed by atoms with E-state index in [9.17, 15) is 22.0 Å². The summed E-state index contributed by atoms with van der Waals surface area (Å²) in [5.41, 5.74) is 1.25. The minimum atomic E-state index is -3.73. The molecule has 0 saturated carbocycles. The highest BCUT2D eigenvalue weighted by atomic mass is 32.2. The average molecular weight is 470 g/mol. The first-order chi connectivity index (χ1) is 15.2. The molecule has 0 aliphatic heterocycles. The van der Waals surface area contributed by atoms with Crippen LogP contribution in [0.15, 0.2) is 47.4 Å². The van der Waals surface area contributed by atoms with Crippen molar-refractivity contribution in [2.75, 3.05) is 27.8 Å². The maximum Gasteiger partial charge on any atom is 0.387 e. The van der Waals surface area contributed by atoms with Crippen molar-refractivity contribution in [3.63, 3.8) is 0 Å². The largest absolute Gasteiger partial charge is 0.495 e. The Morgan fingerprint density at radius 3 is 2.38 bits per heavy atom. The number of hydrogen-bond donors (Lipinski definition) is 2. The quantitative estimate of drug-likeness (QED) is 0.490. The fraction of sp³-hybridized carbons (Fsp3) is 0.286. The highest BCUT2D eigenvalue weighted by Gasteiger charge is 2.17. The molecule has 0 bridgehead atoms. The van der Waals surface area contributed by atoms with Crippen LogP contribution in [0.4, 0.5) is 8.78 Å². The number of ether oxygens (including phenoxy) is 3. The van der Waals surface area contributed by atoms with Crippen LogP contribution in [0.5, 0.6) is 17.2 Å². The van der Waals surface area contributed by atoms with Gasteiger partial charge in [0.15, 0.2) is 11.5 Å². The lowest BCUT2D eigenvalue weighted by Crippen LogP contribution is -2.23. The molecule has 0 saturated heterocycles. The molecule has 0 radical (unpaired) electrons. The van der Waals surface area contributed by atoms with Crippen molar-refractivity contribution in [2.45, 2.75) is 17.9 Å². The van der Waals surface area contributed by atoms with E-state index in [1.807, 2.05) is 0 Å². The summed E-state index contributed by atoms with van der Waals surface area (Å²) in [4.78, 5) is 12.0. The van der Waals surface area contributed by atoms with Gasteiger partial charge in [0.1, 0.15) is 10.6 Å². The standard InChI is InChI=1S/C21H24F2N2O6S/c1-24-32(27,28)19-13-14(5-8-17(19)29-2)6-9-20(26)25-11-10-15-4-7-16(31-21(22)23)18(12-15)30-3/h4-9,12-13,21,24H,10-11H2,1-3H3,(H,25,26)/b9-6+. The molecule has 2 aromatic carbocycles. The van der Waals surface area contributed by atoms with Gasteiger partial charge in [-0.2, -0.15) is 8.78 Å². The monoisotopic (exact) mass is 470 g/mol. The first-order valence-corrected chi connectivity index (χ1v) is 10.9. The van der Waals surface area contributed by atoms with E-state index in [0.717, 1.165) is 5.56 Å². The summed E-state index contributed by atoms with van der Waals surface area (Å²) >= 11 is 0. The first kappa shape index (κ1) is 25.1. The molecular formula is C21H24F2N2O6S. The topological polar surface area (TPSA) is 103 Å². The number of rotatable bonds is 11. The molecule has 2 N–H and O–H groups in total. The molecule has 0 heterocycles. The van der Waals surface area contributed by atoms with Gasteiger partial charge >= 0.3 is 6.61 Å². The third-order valence-corrected chi connectivity index (χ3v) is 5.77. The number of sulfonamides is 1. The number of nitrogens with one attached hydrogen (secondary N) is 2. The molecule has 1 amide bonds. The molecule has 0 aliphatic carbocycles. The summed E-state index contributed by atoms with van der Waals surface area (Å²) < 4.78 is 65.7. The van der Waals surface area contributed by atoms with E-state index in [4.69, 9.17) is 9.47 Å². The van der Waals surface area contributed by atoms with Gasteiger partial charge in [0.05, 0.1) is 14.2 Å². The van der Waals surface area contributed by atoms with Crippen LogP contribution in [0.3, 0.4) is 0 Å². The number of halogens is 2. The second-order valence-corrected chi connectivity index (χ2v) is 8.21. The summed E-state index contributed by atoms with van der Waals surface area (Å²) in [5.74, 6) is -0.108. The van der Waals surface area contributed by atoms with Gasteiger partial charge in [-0.3, -0.25) is 4.79 Å². The van der Waals surface area contributed by atoms with Crippen molar-refractivity contribution < 1.29 is 36.2 Å². The van der Waals surface area contributed by atoms with Crippen LogP contribution in [-0.4, -0.2) is 48.7 Å². The van der Waals surface area contributed by atoms with Crippen molar-refractivity contribution >= 4 is 22.0 Å². The van der Waals surface area contributed by atoms with Crippen molar-refractivity contribution in [3.05, 3.63) is 53.6 Å². The highest BCUT2D eigenvalue weighted by Crippen LogP contribution is 2.29. The number of carbonyl (C=O) groups excluding carboxylic acids is 1. The van der Waals surface area contributed by atoms with E-state index in [1.165, 1.54) is 51.6 Å². The lowest BCUT2D eigenvalue weighted by molar-refractivity contribution is -0.116. The predicted octanol–water partition coefficient (Wildman–Crippen LogP) is 2.59. The predicted molar refractivity (Wildman–Crippen MR) is 115 cm³/mol. The maximum atomic E-state index is 12.4. The Labute approximate surface area is 185 Å². The van der Waals surface area contributed by atoms with Gasteiger partial charge in [-0.15, -0.1) is 0 Å². The zero-order chi connectivity index (χ0) is 23.7. The summed E-state index contributed by atoms with van der Waals surface area (Å²) in [5, 5.41) is 2.69. The molecule has 32 heavy (non-hydrogen) atoms. The Hall–Kier alpha value is -3.18. The van der Waals surface area contributed by atoms with Gasteiger partial charge in [0, 0.05) is 12.6 Å². The Bertz CT molecular complexity index is 1070. The third kappa shape index (κ3) is 6.92. The summed E-state index contributed by atoms with van der Waals surface area (Å²) in [6, 6.07) is 9.04. The molecule has 2 rings (SSSR count). The van der Waals surface area contributed by atoms with Crippen molar-refractivity contribution in [3.8, 4) is 17.2 Å². The van der Waals surface area contributed by atoms with E-state index in [-0.39, 0.29) is 34.6 Å². The highest BCUT2D eigenvalue weighted by molar-refractivity contribution is 7.89. The fourth-order valence-corrected chi connectivity index (χ4v) is 3.67. The zero-order valence-corrected chi connectivity index (χ0v) is 18.5. The molecule has 8 nitrogen and oxygen atoms in total. The van der Waals surface area contributed by atoms with Gasteiger partial charge in [0.25, 0.3) is 0 Å². The van der Waals surface area contributed by atoms with Crippen molar-refractivity contribution in [1.82, 2.24) is 10.0 Å². The van der Waals surface area contributed by atoms with E-state index in [1.54, 1.807) is 18.2 Å². The average Bonchev–Trinajstić information content (AvgIpc) is 2.78. The molecule has 0 spiro atoms. The molecule has 0 atom stereocenters. The minimum absolute atomic E-state index is 0.0433. The Balaban J connectivity index is 1.98. The number of benzene rings is 2. The lowest BCUT2D eigenvalue weighted by Gasteiger charge is -2.11. The van der Waals surface area contributed by atoms with Gasteiger partial charge in [-0.25, -0.2) is 13.1 Å². The van der Waals surface area contributed by atoms with E-state index in [0.29, 0.717) is 12.0 Å². The van der Waals surface area contributed by atoms with Gasteiger partial charge in [0.2, 0.25) is 15.9 Å². The van der Waals surface area contributed by atoms with Gasteiger partial charge < -0.3 is 19.5 Å². The number of hydrogen-bond acceptors (Lipinski definition) is 6. The molecule has 2 aromatic rings. The SMILES string of the molecule is CNS(=O)(=O)c1cc(/C=C/C(=O)NCCc2ccc(OC(F)F)c(OC)c2)ccc1OC. The maximum absolute atomic E-state index is 12.4. The Kier molecular flexibility index (Phi) is 8.97. The van der Waals surface area contributed by atoms with Crippen LogP contribution in [0, 0.1) is 0 Å². The number of carbonyl (C=O) groups is 1. The molecular weight excluding hydrogens is 446 g/mol. The molecule has 174 valence electrons. The van der Waals surface area contributed by atoms with E-state index >= 15 is 0 Å². The Morgan fingerprint density at radius 2 is 1.75 bits per heavy atom. The zero-order valence-electron chi connectivity index (χ0n) is 17.7. The number of alkyl halides is 2. The second-order valence-electron chi connectivity index (χ2n) is 6.36. The van der Waals surface area contributed by atoms with Crippen LogP contribution in [-0.2, 0) is 21.2 Å². The summed E-state index contributed by atoms with van der Waals surface area (Å²) in [6.45, 7) is -2.68. The van der Waals surface area contributed by atoms with Crippen molar-refractivity contribution in [1.29, 1.82) is 0 Å². The third-order valence-electron chi connectivity index (χ3n) is 4.33. The van der Waals surface area contributed by atoms with Gasteiger partial charge in [-0.05, 0) is 54.9 Å². The van der Waals surface area contributed by atoms with E-state index in [2.05, 4.69) is 14.8 Å². The van der Waals surface area contributed by atoms with Crippen molar-refractivity contribution in [2.24, 2.45) is 0 Å². The molecule has 11 heteroatoms. The van der Waals surface area contributed by atoms with Crippen LogP contribution in [0.25, 0.3) is 6.08 Å². The fourth-order valence-electron chi connectivity index (χ4n) is 2.74. The van der Waals surface area contributed by atoms with Crippen LogP contribution in [0.2, 0.25) is 0 Å². The number of amides is 1. The Morgan fingerprint density at radius 1 is 1.06 bits per heavy atom. The molecule has 0 unspecified atom stereocenters. The summed E-state index contributed by atoms with van der Waals surface area (Å²) in [6.07, 6.45) is 3.18. The smallest absolute Gasteiger partial charge is 0.387 e.